The minimum absolute atomic E-state index is 0.0733. The first kappa shape index (κ1) is 11.3. The lowest BCUT2D eigenvalue weighted by Crippen LogP contribution is -2.25. The predicted octanol–water partition coefficient (Wildman–Crippen LogP) is 1.45. The molecule has 0 spiro atoms. The number of nitrogens with zero attached hydrogens (tertiary/aromatic N) is 3. The highest BCUT2D eigenvalue weighted by molar-refractivity contribution is 7.80. The minimum atomic E-state index is -0.0733. The monoisotopic (exact) mass is 237 g/mol. The quantitative estimate of drug-likeness (QED) is 0.818. The third kappa shape index (κ3) is 2.00. The number of aromatic nitrogens is 3. The van der Waals surface area contributed by atoms with Crippen LogP contribution in [0.1, 0.15) is 13.3 Å². The average molecular weight is 237 g/mol. The molecule has 2 aromatic rings. The number of hydrogen-bond acceptors (Lipinski definition) is 3. The Hall–Kier alpha value is -1.23. The fourth-order valence-electron chi connectivity index (χ4n) is 1.65. The van der Waals surface area contributed by atoms with Gasteiger partial charge in [0.05, 0.1) is 6.54 Å². The summed E-state index contributed by atoms with van der Waals surface area (Å²) in [6.07, 6.45) is 2.74. The lowest BCUT2D eigenvalue weighted by molar-refractivity contribution is 0.437. The first-order chi connectivity index (χ1) is 7.76. The van der Waals surface area contributed by atoms with Gasteiger partial charge < -0.3 is 0 Å². The highest BCUT2D eigenvalue weighted by Gasteiger charge is 2.10. The second-order valence-electron chi connectivity index (χ2n) is 3.85. The summed E-state index contributed by atoms with van der Waals surface area (Å²) in [5, 5.41) is 4.28. The Morgan fingerprint density at radius 2 is 2.31 bits per heavy atom. The van der Waals surface area contributed by atoms with Crippen LogP contribution in [0.4, 0.5) is 0 Å². The van der Waals surface area contributed by atoms with Crippen molar-refractivity contribution in [3.8, 4) is 0 Å². The lowest BCUT2D eigenvalue weighted by atomic mass is 10.1. The van der Waals surface area contributed by atoms with E-state index in [-0.39, 0.29) is 5.69 Å². The van der Waals surface area contributed by atoms with Gasteiger partial charge in [0.15, 0.2) is 5.65 Å². The van der Waals surface area contributed by atoms with E-state index in [1.54, 1.807) is 10.6 Å². The van der Waals surface area contributed by atoms with Gasteiger partial charge in [-0.3, -0.25) is 4.40 Å². The molecule has 2 rings (SSSR count). The van der Waals surface area contributed by atoms with Crippen molar-refractivity contribution >= 4 is 18.3 Å². The number of fused-ring (bicyclic) bond motifs is 1. The van der Waals surface area contributed by atoms with Gasteiger partial charge in [-0.15, -0.1) is 5.10 Å². The second-order valence-corrected chi connectivity index (χ2v) is 4.22. The summed E-state index contributed by atoms with van der Waals surface area (Å²) in [7, 11) is 0. The Morgan fingerprint density at radius 1 is 1.50 bits per heavy atom. The molecule has 86 valence electrons. The summed E-state index contributed by atoms with van der Waals surface area (Å²) in [6, 6.07) is 5.54. The van der Waals surface area contributed by atoms with Crippen LogP contribution >= 0.6 is 12.6 Å². The number of thiol groups is 1. The normalized spacial score (nSPS) is 13.1. The van der Waals surface area contributed by atoms with Crippen molar-refractivity contribution in [2.75, 3.05) is 5.75 Å². The molecule has 0 saturated carbocycles. The fourth-order valence-corrected chi connectivity index (χ4v) is 2.02. The SMILES string of the molecule is CCC(CS)Cn1nc2ccccn2c1=O. The van der Waals surface area contributed by atoms with Crippen LogP contribution in [0.3, 0.4) is 0 Å². The van der Waals surface area contributed by atoms with Crippen LogP contribution in [0, 0.1) is 5.92 Å². The van der Waals surface area contributed by atoms with Gasteiger partial charge in [0.1, 0.15) is 0 Å². The van der Waals surface area contributed by atoms with E-state index in [0.717, 1.165) is 12.2 Å². The molecule has 0 saturated heterocycles. The Morgan fingerprint density at radius 3 is 2.94 bits per heavy atom. The Bertz CT molecular complexity index is 527. The second kappa shape index (κ2) is 4.74. The Labute approximate surface area is 99.3 Å². The molecule has 0 fully saturated rings. The summed E-state index contributed by atoms with van der Waals surface area (Å²) in [5.74, 6) is 1.17. The van der Waals surface area contributed by atoms with Crippen molar-refractivity contribution in [3.63, 3.8) is 0 Å². The van der Waals surface area contributed by atoms with E-state index in [2.05, 4.69) is 24.7 Å². The van der Waals surface area contributed by atoms with Gasteiger partial charge in [0.2, 0.25) is 0 Å². The van der Waals surface area contributed by atoms with E-state index in [1.807, 2.05) is 18.2 Å². The molecule has 5 heteroatoms. The van der Waals surface area contributed by atoms with E-state index < -0.39 is 0 Å². The van der Waals surface area contributed by atoms with Gasteiger partial charge in [0, 0.05) is 6.20 Å². The summed E-state index contributed by atoms with van der Waals surface area (Å²) < 4.78 is 3.09. The molecule has 0 aromatic carbocycles. The predicted molar refractivity (Wildman–Crippen MR) is 67.1 cm³/mol. The standard InChI is InChI=1S/C11H15N3OS/c1-2-9(8-16)7-14-11(15)13-6-4-3-5-10(13)12-14/h3-6,9,16H,2,7-8H2,1H3. The molecule has 2 aromatic heterocycles. The van der Waals surface area contributed by atoms with Crippen LogP contribution in [-0.4, -0.2) is 19.9 Å². The van der Waals surface area contributed by atoms with Crippen LogP contribution in [0.2, 0.25) is 0 Å². The molecule has 16 heavy (non-hydrogen) atoms. The largest absolute Gasteiger partial charge is 0.350 e. The first-order valence-corrected chi connectivity index (χ1v) is 6.04. The van der Waals surface area contributed by atoms with Gasteiger partial charge >= 0.3 is 5.69 Å². The van der Waals surface area contributed by atoms with Gasteiger partial charge in [-0.05, 0) is 23.8 Å². The Balaban J connectivity index is 2.38. The maximum Gasteiger partial charge on any atom is 0.350 e. The Kier molecular flexibility index (Phi) is 3.33. The fraction of sp³-hybridized carbons (Fsp3) is 0.455. The zero-order valence-electron chi connectivity index (χ0n) is 9.21. The molecule has 0 aliphatic rings. The topological polar surface area (TPSA) is 39.3 Å². The van der Waals surface area contributed by atoms with Gasteiger partial charge in [0.25, 0.3) is 0 Å². The molecule has 1 unspecified atom stereocenters. The van der Waals surface area contributed by atoms with E-state index >= 15 is 0 Å². The van der Waals surface area contributed by atoms with Gasteiger partial charge in [-0.25, -0.2) is 9.48 Å². The molecule has 0 amide bonds. The average Bonchev–Trinajstić information content (AvgIpc) is 2.64. The maximum absolute atomic E-state index is 11.9. The highest BCUT2D eigenvalue weighted by atomic mass is 32.1. The van der Waals surface area contributed by atoms with Crippen molar-refractivity contribution in [1.82, 2.24) is 14.2 Å². The van der Waals surface area contributed by atoms with Crippen LogP contribution in [-0.2, 0) is 6.54 Å². The van der Waals surface area contributed by atoms with E-state index in [4.69, 9.17) is 0 Å². The molecular weight excluding hydrogens is 222 g/mol. The lowest BCUT2D eigenvalue weighted by Gasteiger charge is -2.09. The van der Waals surface area contributed by atoms with Crippen LogP contribution in [0.5, 0.6) is 0 Å². The first-order valence-electron chi connectivity index (χ1n) is 5.41. The van der Waals surface area contributed by atoms with Crippen molar-refractivity contribution in [2.24, 2.45) is 5.92 Å². The van der Waals surface area contributed by atoms with Crippen molar-refractivity contribution in [3.05, 3.63) is 34.9 Å². The highest BCUT2D eigenvalue weighted by Crippen LogP contribution is 2.07. The van der Waals surface area contributed by atoms with Crippen molar-refractivity contribution in [2.45, 2.75) is 19.9 Å². The maximum atomic E-state index is 11.9. The molecule has 1 atom stereocenters. The summed E-state index contributed by atoms with van der Waals surface area (Å²) in [6.45, 7) is 2.74. The molecule has 0 bridgehead atoms. The van der Waals surface area contributed by atoms with Crippen molar-refractivity contribution in [1.29, 1.82) is 0 Å². The molecule has 2 heterocycles. The molecule has 0 aliphatic carbocycles. The summed E-state index contributed by atoms with van der Waals surface area (Å²) >= 11 is 4.27. The molecule has 0 radical (unpaired) electrons. The minimum Gasteiger partial charge on any atom is -0.250 e. The number of rotatable bonds is 4. The zero-order valence-corrected chi connectivity index (χ0v) is 10.1. The van der Waals surface area contributed by atoms with Crippen molar-refractivity contribution < 1.29 is 0 Å². The van der Waals surface area contributed by atoms with Gasteiger partial charge in [-0.2, -0.15) is 12.6 Å². The van der Waals surface area contributed by atoms with Gasteiger partial charge in [-0.1, -0.05) is 19.4 Å². The van der Waals surface area contributed by atoms with E-state index in [0.29, 0.717) is 18.1 Å². The summed E-state index contributed by atoms with van der Waals surface area (Å²) in [4.78, 5) is 11.9. The third-order valence-corrected chi connectivity index (χ3v) is 3.27. The molecule has 4 nitrogen and oxygen atoms in total. The van der Waals surface area contributed by atoms with Crippen LogP contribution in [0.25, 0.3) is 5.65 Å². The van der Waals surface area contributed by atoms with Crippen LogP contribution in [0.15, 0.2) is 29.2 Å². The number of hydrogen-bond donors (Lipinski definition) is 1. The number of pyridine rings is 1. The zero-order chi connectivity index (χ0) is 11.5. The molecule has 0 aliphatic heterocycles. The van der Waals surface area contributed by atoms with E-state index in [9.17, 15) is 4.79 Å². The third-order valence-electron chi connectivity index (χ3n) is 2.76. The smallest absolute Gasteiger partial charge is 0.250 e. The van der Waals surface area contributed by atoms with E-state index in [1.165, 1.54) is 4.68 Å². The molecular formula is C11H15N3OS. The van der Waals surface area contributed by atoms with Crippen LogP contribution < -0.4 is 5.69 Å². The summed E-state index contributed by atoms with van der Waals surface area (Å²) in [5.41, 5.74) is 0.623. The molecule has 0 N–H and O–H groups in total.